The number of H-pyrrole nitrogens is 1. The molecule has 0 saturated carbocycles. The number of benzene rings is 1. The third-order valence-electron chi connectivity index (χ3n) is 3.96. The zero-order valence-electron chi connectivity index (χ0n) is 14.5. The number of nitrogens with one attached hydrogen (secondary N) is 3. The number of nitrogens with zero attached hydrogens (tertiary/aromatic N) is 2. The fourth-order valence-electron chi connectivity index (χ4n) is 2.63. The lowest BCUT2D eigenvalue weighted by molar-refractivity contribution is 0.249. The van der Waals surface area contributed by atoms with Gasteiger partial charge in [-0.15, -0.1) is 5.10 Å². The number of halogens is 2. The number of hydrogen-bond acceptors (Lipinski definition) is 5. The number of methoxy groups -OCH3 is 1. The highest BCUT2D eigenvalue weighted by Gasteiger charge is 2.16. The van der Waals surface area contributed by atoms with Crippen molar-refractivity contribution in [3.8, 4) is 5.88 Å². The Morgan fingerprint density at radius 3 is 2.78 bits per heavy atom. The molecule has 0 aliphatic heterocycles. The van der Waals surface area contributed by atoms with Crippen LogP contribution >= 0.6 is 0 Å². The third kappa shape index (κ3) is 3.80. The van der Waals surface area contributed by atoms with Gasteiger partial charge in [0, 0.05) is 6.07 Å². The highest BCUT2D eigenvalue weighted by Crippen LogP contribution is 2.27. The lowest BCUT2D eigenvalue weighted by atomic mass is 10.1. The Balaban J connectivity index is 1.76. The first-order valence-electron chi connectivity index (χ1n) is 7.98. The van der Waals surface area contributed by atoms with Crippen molar-refractivity contribution in [1.29, 1.82) is 0 Å². The van der Waals surface area contributed by atoms with E-state index >= 15 is 0 Å². The molecule has 0 aliphatic rings. The van der Waals surface area contributed by atoms with E-state index in [1.165, 1.54) is 19.2 Å². The molecule has 0 spiro atoms. The largest absolute Gasteiger partial charge is 0.479 e. The number of hydrogen-bond donors (Lipinski definition) is 4. The number of aromatic nitrogens is 3. The van der Waals surface area contributed by atoms with Crippen molar-refractivity contribution in [2.45, 2.75) is 19.6 Å². The van der Waals surface area contributed by atoms with Crippen LogP contribution in [0.15, 0.2) is 24.3 Å². The van der Waals surface area contributed by atoms with Gasteiger partial charge >= 0.3 is 6.03 Å². The maximum atomic E-state index is 13.3. The van der Waals surface area contributed by atoms with E-state index in [0.29, 0.717) is 16.5 Å². The first-order chi connectivity index (χ1) is 12.9. The van der Waals surface area contributed by atoms with Crippen molar-refractivity contribution < 1.29 is 23.4 Å². The average molecular weight is 377 g/mol. The number of urea groups is 1. The molecule has 2 amide bonds. The summed E-state index contributed by atoms with van der Waals surface area (Å²) in [6.07, 6.45) is 0. The fraction of sp³-hybridized carbons (Fsp3) is 0.235. The zero-order valence-corrected chi connectivity index (χ0v) is 14.5. The maximum Gasteiger partial charge on any atom is 0.320 e. The van der Waals surface area contributed by atoms with Gasteiger partial charge in [0.25, 0.3) is 0 Å². The molecule has 10 heteroatoms. The number of rotatable bonds is 5. The number of fused-ring (bicyclic) bond motifs is 1. The number of carbonyl (C=O) groups excluding carboxylic acids is 1. The van der Waals surface area contributed by atoms with Gasteiger partial charge in [0.1, 0.15) is 5.82 Å². The molecular formula is C17H17F2N5O3. The Hall–Kier alpha value is -3.27. The normalized spacial score (nSPS) is 12.0. The van der Waals surface area contributed by atoms with Gasteiger partial charge in [0.2, 0.25) is 5.88 Å². The molecule has 1 unspecified atom stereocenters. The van der Waals surface area contributed by atoms with E-state index in [1.54, 1.807) is 6.92 Å². The second-order valence-corrected chi connectivity index (χ2v) is 5.76. The summed E-state index contributed by atoms with van der Waals surface area (Å²) < 4.78 is 31.4. The molecule has 0 saturated heterocycles. The quantitative estimate of drug-likeness (QED) is 0.546. The van der Waals surface area contributed by atoms with E-state index in [4.69, 9.17) is 4.74 Å². The number of carbonyl (C=O) groups is 1. The standard InChI is InChI=1S/C17H17F2N5O3/c1-8(9-3-4-10(18)11(19)5-9)20-17(26)22-14-6-12-15(13(7-25)21-14)16(27-2)24-23-12/h3-6,8,25H,7H2,1-2H3,(H,23,24)(H2,20,21,22,26). The molecule has 3 rings (SSSR count). The summed E-state index contributed by atoms with van der Waals surface area (Å²) in [5.74, 6) is -1.49. The zero-order chi connectivity index (χ0) is 19.6. The molecular weight excluding hydrogens is 360 g/mol. The van der Waals surface area contributed by atoms with Gasteiger partial charge in [0.15, 0.2) is 11.6 Å². The van der Waals surface area contributed by atoms with Crippen LogP contribution in [0.1, 0.15) is 24.2 Å². The molecule has 27 heavy (non-hydrogen) atoms. The van der Waals surface area contributed by atoms with Gasteiger partial charge in [-0.05, 0) is 24.6 Å². The highest BCUT2D eigenvalue weighted by molar-refractivity contribution is 5.93. The van der Waals surface area contributed by atoms with E-state index in [0.717, 1.165) is 12.1 Å². The SMILES string of the molecule is COc1n[nH]c2cc(NC(=O)NC(C)c3ccc(F)c(F)c3)nc(CO)c12. The second-order valence-electron chi connectivity index (χ2n) is 5.76. The van der Waals surface area contributed by atoms with E-state index in [1.807, 2.05) is 0 Å². The van der Waals surface area contributed by atoms with Crippen LogP contribution in [-0.4, -0.2) is 33.4 Å². The Bertz CT molecular complexity index is 992. The second kappa shape index (κ2) is 7.54. The first kappa shape index (κ1) is 18.5. The number of ether oxygens (including phenoxy) is 1. The molecule has 142 valence electrons. The van der Waals surface area contributed by atoms with Crippen molar-refractivity contribution in [3.05, 3.63) is 47.2 Å². The number of anilines is 1. The van der Waals surface area contributed by atoms with E-state index in [-0.39, 0.29) is 24.0 Å². The molecule has 2 heterocycles. The molecule has 0 radical (unpaired) electrons. The Morgan fingerprint density at radius 2 is 2.11 bits per heavy atom. The molecule has 2 aromatic heterocycles. The topological polar surface area (TPSA) is 112 Å². The fourth-order valence-corrected chi connectivity index (χ4v) is 2.63. The molecule has 0 aliphatic carbocycles. The van der Waals surface area contributed by atoms with Gasteiger partial charge in [-0.1, -0.05) is 6.07 Å². The molecule has 4 N–H and O–H groups in total. The molecule has 3 aromatic rings. The predicted octanol–water partition coefficient (Wildman–Crippen LogP) is 2.62. The summed E-state index contributed by atoms with van der Waals surface area (Å²) in [4.78, 5) is 16.4. The molecule has 8 nitrogen and oxygen atoms in total. The van der Waals surface area contributed by atoms with Gasteiger partial charge in [-0.2, -0.15) is 0 Å². The lowest BCUT2D eigenvalue weighted by Gasteiger charge is -2.15. The number of pyridine rings is 1. The van der Waals surface area contributed by atoms with Crippen molar-refractivity contribution in [3.63, 3.8) is 0 Å². The van der Waals surface area contributed by atoms with Crippen LogP contribution in [0.3, 0.4) is 0 Å². The van der Waals surface area contributed by atoms with Gasteiger partial charge in [0.05, 0.1) is 36.4 Å². The lowest BCUT2D eigenvalue weighted by Crippen LogP contribution is -2.31. The van der Waals surface area contributed by atoms with Crippen LogP contribution in [0.2, 0.25) is 0 Å². The summed E-state index contributed by atoms with van der Waals surface area (Å²) in [7, 11) is 1.44. The average Bonchev–Trinajstić information content (AvgIpc) is 3.06. The van der Waals surface area contributed by atoms with Crippen LogP contribution < -0.4 is 15.4 Å². The highest BCUT2D eigenvalue weighted by atomic mass is 19.2. The smallest absolute Gasteiger partial charge is 0.320 e. The van der Waals surface area contributed by atoms with E-state index < -0.39 is 23.7 Å². The summed E-state index contributed by atoms with van der Waals surface area (Å²) in [6.45, 7) is 1.25. The van der Waals surface area contributed by atoms with Crippen LogP contribution in [-0.2, 0) is 6.61 Å². The van der Waals surface area contributed by atoms with Crippen LogP contribution in [0.25, 0.3) is 10.9 Å². The van der Waals surface area contributed by atoms with Crippen molar-refractivity contribution in [1.82, 2.24) is 20.5 Å². The van der Waals surface area contributed by atoms with Crippen LogP contribution in [0, 0.1) is 11.6 Å². The van der Waals surface area contributed by atoms with Gasteiger partial charge in [-0.3, -0.25) is 10.4 Å². The monoisotopic (exact) mass is 377 g/mol. The summed E-state index contributed by atoms with van der Waals surface area (Å²) in [6, 6.07) is 3.75. The summed E-state index contributed by atoms with van der Waals surface area (Å²) in [5.41, 5.74) is 1.21. The predicted molar refractivity (Wildman–Crippen MR) is 93.3 cm³/mol. The Kier molecular flexibility index (Phi) is 5.17. The van der Waals surface area contributed by atoms with Crippen molar-refractivity contribution in [2.24, 2.45) is 0 Å². The van der Waals surface area contributed by atoms with Gasteiger partial charge in [-0.25, -0.2) is 18.6 Å². The number of aliphatic hydroxyl groups is 1. The van der Waals surface area contributed by atoms with E-state index in [2.05, 4.69) is 25.8 Å². The van der Waals surface area contributed by atoms with Gasteiger partial charge < -0.3 is 15.2 Å². The minimum absolute atomic E-state index is 0.174. The Labute approximate surface area is 152 Å². The number of amides is 2. The Morgan fingerprint density at radius 1 is 1.33 bits per heavy atom. The van der Waals surface area contributed by atoms with Crippen LogP contribution in [0.5, 0.6) is 5.88 Å². The van der Waals surface area contributed by atoms with Crippen LogP contribution in [0.4, 0.5) is 19.4 Å². The van der Waals surface area contributed by atoms with Crippen molar-refractivity contribution in [2.75, 3.05) is 12.4 Å². The molecule has 0 bridgehead atoms. The minimum Gasteiger partial charge on any atom is -0.479 e. The maximum absolute atomic E-state index is 13.3. The molecule has 0 fully saturated rings. The summed E-state index contributed by atoms with van der Waals surface area (Å²) >= 11 is 0. The third-order valence-corrected chi connectivity index (χ3v) is 3.96. The first-order valence-corrected chi connectivity index (χ1v) is 7.98. The minimum atomic E-state index is -0.991. The molecule has 1 atom stereocenters. The van der Waals surface area contributed by atoms with Crippen molar-refractivity contribution >= 4 is 22.8 Å². The van der Waals surface area contributed by atoms with E-state index in [9.17, 15) is 18.7 Å². The summed E-state index contributed by atoms with van der Waals surface area (Å²) in [5, 5.41) is 21.9. The molecule has 1 aromatic carbocycles. The number of aliphatic hydroxyl groups excluding tert-OH is 1. The number of aromatic amines is 1.